The molecule has 84 valence electrons. The monoisotopic (exact) mass is 213 g/mol. The summed E-state index contributed by atoms with van der Waals surface area (Å²) >= 11 is 0. The normalized spacial score (nSPS) is 22.7. The van der Waals surface area contributed by atoms with Gasteiger partial charge in [-0.05, 0) is 6.42 Å². The molecule has 7 nitrogen and oxygen atoms in total. The molecule has 0 saturated carbocycles. The highest BCUT2D eigenvalue weighted by Crippen LogP contribution is 2.08. The third kappa shape index (κ3) is 2.24. The van der Waals surface area contributed by atoms with Crippen LogP contribution in [0.1, 0.15) is 13.3 Å². The number of hydrazine groups is 1. The lowest BCUT2D eigenvalue weighted by molar-refractivity contribution is -0.137. The minimum Gasteiger partial charge on any atom is -0.321 e. The Hall–Kier alpha value is -1.63. The van der Waals surface area contributed by atoms with Crippen LogP contribution in [0.15, 0.2) is 4.99 Å². The zero-order valence-corrected chi connectivity index (χ0v) is 8.78. The Morgan fingerprint density at radius 1 is 1.73 bits per heavy atom. The van der Waals surface area contributed by atoms with E-state index in [1.807, 2.05) is 6.92 Å². The molecule has 1 aliphatic heterocycles. The number of nitrogens with two attached hydrogens (primary N) is 1. The van der Waals surface area contributed by atoms with Gasteiger partial charge in [-0.1, -0.05) is 6.92 Å². The number of carbonyl (C=O) groups is 2. The molecule has 1 fully saturated rings. The van der Waals surface area contributed by atoms with Gasteiger partial charge in [0.15, 0.2) is 0 Å². The maximum absolute atomic E-state index is 11.5. The van der Waals surface area contributed by atoms with Gasteiger partial charge in [0.05, 0.1) is 0 Å². The molecule has 1 unspecified atom stereocenters. The first-order chi connectivity index (χ1) is 7.13. The number of aliphatic imine (C=N–C) groups is 1. The Bertz CT molecular complexity index is 301. The van der Waals surface area contributed by atoms with Crippen molar-refractivity contribution >= 4 is 17.8 Å². The van der Waals surface area contributed by atoms with E-state index in [-0.39, 0.29) is 18.4 Å². The summed E-state index contributed by atoms with van der Waals surface area (Å²) < 4.78 is 0. The van der Waals surface area contributed by atoms with Gasteiger partial charge in [-0.2, -0.15) is 0 Å². The van der Waals surface area contributed by atoms with Gasteiger partial charge in [0, 0.05) is 7.05 Å². The zero-order valence-electron chi connectivity index (χ0n) is 8.78. The number of hydrogen-bond donors (Lipinski definition) is 3. The summed E-state index contributed by atoms with van der Waals surface area (Å²) in [5.74, 6) is 4.93. The lowest BCUT2D eigenvalue weighted by Gasteiger charge is -2.34. The number of imide groups is 1. The van der Waals surface area contributed by atoms with E-state index < -0.39 is 6.04 Å². The number of guanidine groups is 1. The molecular formula is C8H15N5O2. The first-order valence-corrected chi connectivity index (χ1v) is 4.67. The SMILES string of the molecule is CCC1C(=O)NC(=O)CN1C(=NC)NN. The first-order valence-electron chi connectivity index (χ1n) is 4.67. The van der Waals surface area contributed by atoms with Crippen LogP contribution in [-0.2, 0) is 9.59 Å². The highest BCUT2D eigenvalue weighted by molar-refractivity contribution is 6.04. The van der Waals surface area contributed by atoms with Crippen molar-refractivity contribution < 1.29 is 9.59 Å². The lowest BCUT2D eigenvalue weighted by atomic mass is 10.1. The second kappa shape index (κ2) is 4.74. The van der Waals surface area contributed by atoms with Crippen molar-refractivity contribution in [2.75, 3.05) is 13.6 Å². The van der Waals surface area contributed by atoms with E-state index in [2.05, 4.69) is 15.7 Å². The van der Waals surface area contributed by atoms with E-state index in [0.717, 1.165) is 0 Å². The number of hydrogen-bond acceptors (Lipinski definition) is 4. The van der Waals surface area contributed by atoms with Crippen molar-refractivity contribution in [3.05, 3.63) is 0 Å². The van der Waals surface area contributed by atoms with E-state index in [4.69, 9.17) is 5.84 Å². The Morgan fingerprint density at radius 3 is 2.87 bits per heavy atom. The van der Waals surface area contributed by atoms with Crippen LogP contribution in [0.2, 0.25) is 0 Å². The van der Waals surface area contributed by atoms with Gasteiger partial charge in [0.1, 0.15) is 12.6 Å². The number of carbonyl (C=O) groups excluding carboxylic acids is 2. The molecule has 0 aromatic carbocycles. The predicted octanol–water partition coefficient (Wildman–Crippen LogP) is -1.83. The molecule has 1 rings (SSSR count). The molecule has 7 heteroatoms. The van der Waals surface area contributed by atoms with Crippen LogP contribution in [0.5, 0.6) is 0 Å². The molecule has 1 heterocycles. The number of amides is 2. The minimum atomic E-state index is -0.405. The van der Waals surface area contributed by atoms with Gasteiger partial charge < -0.3 is 4.90 Å². The van der Waals surface area contributed by atoms with Gasteiger partial charge in [-0.3, -0.25) is 25.3 Å². The van der Waals surface area contributed by atoms with Crippen molar-refractivity contribution in [1.29, 1.82) is 0 Å². The van der Waals surface area contributed by atoms with Crippen LogP contribution in [0.3, 0.4) is 0 Å². The van der Waals surface area contributed by atoms with Gasteiger partial charge in [0.25, 0.3) is 0 Å². The summed E-state index contributed by atoms with van der Waals surface area (Å²) in [6, 6.07) is -0.405. The number of rotatable bonds is 1. The summed E-state index contributed by atoms with van der Waals surface area (Å²) in [6.45, 7) is 1.94. The fourth-order valence-electron chi connectivity index (χ4n) is 1.57. The van der Waals surface area contributed by atoms with Crippen molar-refractivity contribution in [3.63, 3.8) is 0 Å². The van der Waals surface area contributed by atoms with Crippen LogP contribution in [0, 0.1) is 0 Å². The Labute approximate surface area is 87.7 Å². The standard InChI is InChI=1S/C8H15N5O2/c1-3-5-7(15)11-6(14)4-13(5)8(10-2)12-9/h5H,3-4,9H2,1-2H3,(H,10,12)(H,11,14,15). The quantitative estimate of drug-likeness (QED) is 0.156. The van der Waals surface area contributed by atoms with Crippen LogP contribution < -0.4 is 16.6 Å². The molecule has 0 aromatic heterocycles. The van der Waals surface area contributed by atoms with Crippen LogP contribution in [-0.4, -0.2) is 42.3 Å². The number of nitrogens with zero attached hydrogens (tertiary/aromatic N) is 2. The fourth-order valence-corrected chi connectivity index (χ4v) is 1.57. The highest BCUT2D eigenvalue weighted by atomic mass is 16.2. The van der Waals surface area contributed by atoms with Crippen LogP contribution >= 0.6 is 0 Å². The van der Waals surface area contributed by atoms with Crippen LogP contribution in [0.4, 0.5) is 0 Å². The summed E-state index contributed by atoms with van der Waals surface area (Å²) in [7, 11) is 1.54. The molecule has 1 aliphatic rings. The van der Waals surface area contributed by atoms with E-state index >= 15 is 0 Å². The Kier molecular flexibility index (Phi) is 3.62. The summed E-state index contributed by atoms with van der Waals surface area (Å²) in [5.41, 5.74) is 2.37. The third-order valence-electron chi connectivity index (χ3n) is 2.26. The van der Waals surface area contributed by atoms with Crippen molar-refractivity contribution in [1.82, 2.24) is 15.6 Å². The molecule has 1 atom stereocenters. The van der Waals surface area contributed by atoms with Gasteiger partial charge in [-0.25, -0.2) is 5.84 Å². The molecule has 0 bridgehead atoms. The molecule has 0 spiro atoms. The maximum atomic E-state index is 11.5. The minimum absolute atomic E-state index is 0.0844. The molecule has 4 N–H and O–H groups in total. The van der Waals surface area contributed by atoms with E-state index in [0.29, 0.717) is 12.4 Å². The lowest BCUT2D eigenvalue weighted by Crippen LogP contribution is -2.62. The van der Waals surface area contributed by atoms with Crippen molar-refractivity contribution in [3.8, 4) is 0 Å². The number of piperazine rings is 1. The maximum Gasteiger partial charge on any atom is 0.249 e. The van der Waals surface area contributed by atoms with Crippen molar-refractivity contribution in [2.45, 2.75) is 19.4 Å². The highest BCUT2D eigenvalue weighted by Gasteiger charge is 2.33. The molecule has 2 amide bonds. The van der Waals surface area contributed by atoms with E-state index in [9.17, 15) is 9.59 Å². The average Bonchev–Trinajstić information content (AvgIpc) is 2.19. The Balaban J connectivity index is 2.91. The topological polar surface area (TPSA) is 99.8 Å². The Morgan fingerprint density at radius 2 is 2.40 bits per heavy atom. The zero-order chi connectivity index (χ0) is 11.4. The van der Waals surface area contributed by atoms with E-state index in [1.54, 1.807) is 11.9 Å². The summed E-state index contributed by atoms with van der Waals surface area (Å²) in [5, 5.41) is 2.27. The largest absolute Gasteiger partial charge is 0.321 e. The summed E-state index contributed by atoms with van der Waals surface area (Å²) in [6.07, 6.45) is 0.583. The molecule has 0 aliphatic carbocycles. The second-order valence-corrected chi connectivity index (χ2v) is 3.16. The van der Waals surface area contributed by atoms with Gasteiger partial charge in [-0.15, -0.1) is 0 Å². The van der Waals surface area contributed by atoms with Crippen molar-refractivity contribution in [2.24, 2.45) is 10.8 Å². The molecule has 0 radical (unpaired) electrons. The second-order valence-electron chi connectivity index (χ2n) is 3.16. The predicted molar refractivity (Wildman–Crippen MR) is 54.6 cm³/mol. The fraction of sp³-hybridized carbons (Fsp3) is 0.625. The first kappa shape index (κ1) is 11.4. The average molecular weight is 213 g/mol. The van der Waals surface area contributed by atoms with Gasteiger partial charge >= 0.3 is 0 Å². The molecule has 1 saturated heterocycles. The van der Waals surface area contributed by atoms with Crippen LogP contribution in [0.25, 0.3) is 0 Å². The molecule has 0 aromatic rings. The molecule has 15 heavy (non-hydrogen) atoms. The van der Waals surface area contributed by atoms with Gasteiger partial charge in [0.2, 0.25) is 17.8 Å². The number of nitrogens with one attached hydrogen (secondary N) is 2. The smallest absolute Gasteiger partial charge is 0.249 e. The van der Waals surface area contributed by atoms with E-state index in [1.165, 1.54) is 0 Å². The third-order valence-corrected chi connectivity index (χ3v) is 2.26. The summed E-state index contributed by atoms with van der Waals surface area (Å²) in [4.78, 5) is 28.1. The molecular weight excluding hydrogens is 198 g/mol.